The number of amides is 1. The monoisotopic (exact) mass is 340 g/mol. The van der Waals surface area contributed by atoms with Crippen LogP contribution in [0.4, 0.5) is 4.79 Å². The quantitative estimate of drug-likeness (QED) is 0.431. The molecule has 0 aliphatic heterocycles. The van der Waals surface area contributed by atoms with Gasteiger partial charge in [-0.1, -0.05) is 18.9 Å². The zero-order valence-corrected chi connectivity index (χ0v) is 15.6. The van der Waals surface area contributed by atoms with Crippen molar-refractivity contribution in [2.24, 2.45) is 0 Å². The molecular weight excluding hydrogens is 304 g/mol. The van der Waals surface area contributed by atoms with Crippen molar-refractivity contribution in [1.29, 1.82) is 0 Å². The lowest BCUT2D eigenvalue weighted by Crippen LogP contribution is -2.42. The molecular formula is C19H36N2O3. The molecule has 0 atom stereocenters. The van der Waals surface area contributed by atoms with Crippen LogP contribution in [-0.4, -0.2) is 66.4 Å². The molecule has 0 unspecified atom stereocenters. The van der Waals surface area contributed by atoms with Crippen LogP contribution < -0.4 is 0 Å². The van der Waals surface area contributed by atoms with Crippen LogP contribution in [0.2, 0.25) is 0 Å². The molecule has 140 valence electrons. The lowest BCUT2D eigenvalue weighted by molar-refractivity contribution is 0.00764. The van der Waals surface area contributed by atoms with E-state index in [0.29, 0.717) is 12.6 Å². The third kappa shape index (κ3) is 8.15. The predicted octanol–water partition coefficient (Wildman–Crippen LogP) is 3.99. The minimum Gasteiger partial charge on any atom is -0.465 e. The van der Waals surface area contributed by atoms with E-state index in [1.807, 2.05) is 13.0 Å². The third-order valence-corrected chi connectivity index (χ3v) is 4.90. The van der Waals surface area contributed by atoms with Crippen LogP contribution in [0, 0.1) is 0 Å². The van der Waals surface area contributed by atoms with Crippen LogP contribution in [0.1, 0.15) is 58.3 Å². The van der Waals surface area contributed by atoms with Gasteiger partial charge in [-0.25, -0.2) is 4.79 Å². The largest absolute Gasteiger partial charge is 0.465 e. The van der Waals surface area contributed by atoms with Crippen molar-refractivity contribution >= 4 is 6.09 Å². The molecule has 5 heteroatoms. The van der Waals surface area contributed by atoms with Gasteiger partial charge in [0.05, 0.1) is 6.10 Å². The molecule has 0 aromatic carbocycles. The van der Waals surface area contributed by atoms with Gasteiger partial charge in [0.1, 0.15) is 0 Å². The molecule has 0 spiro atoms. The Kier molecular flexibility index (Phi) is 10.8. The van der Waals surface area contributed by atoms with E-state index in [1.165, 1.54) is 19.3 Å². The van der Waals surface area contributed by atoms with Crippen molar-refractivity contribution in [3.63, 3.8) is 0 Å². The van der Waals surface area contributed by atoms with Gasteiger partial charge in [0, 0.05) is 25.7 Å². The van der Waals surface area contributed by atoms with Gasteiger partial charge in [0.15, 0.2) is 0 Å². The van der Waals surface area contributed by atoms with E-state index in [0.717, 1.165) is 51.8 Å². The van der Waals surface area contributed by atoms with Crippen LogP contribution in [0.15, 0.2) is 12.7 Å². The van der Waals surface area contributed by atoms with Gasteiger partial charge in [0.2, 0.25) is 0 Å². The highest BCUT2D eigenvalue weighted by atomic mass is 16.5. The van der Waals surface area contributed by atoms with Gasteiger partial charge < -0.3 is 19.6 Å². The average molecular weight is 341 g/mol. The highest BCUT2D eigenvalue weighted by Gasteiger charge is 2.27. The zero-order chi connectivity index (χ0) is 17.8. The molecule has 1 fully saturated rings. The first-order chi connectivity index (χ1) is 11.6. The summed E-state index contributed by atoms with van der Waals surface area (Å²) in [5.41, 5.74) is 0. The Balaban J connectivity index is 2.02. The molecule has 0 bridgehead atoms. The molecule has 1 saturated carbocycles. The normalized spacial score (nSPS) is 21.0. The average Bonchev–Trinajstić information content (AvgIpc) is 2.56. The number of nitrogens with zero attached hydrogens (tertiary/aromatic N) is 2. The SMILES string of the molecule is C=CCN(C)CCCCCCOC1CCC(N(CC)C(=O)O)CC1. The van der Waals surface area contributed by atoms with E-state index >= 15 is 0 Å². The summed E-state index contributed by atoms with van der Waals surface area (Å²) >= 11 is 0. The fourth-order valence-electron chi connectivity index (χ4n) is 3.47. The predicted molar refractivity (Wildman–Crippen MR) is 98.6 cm³/mol. The first-order valence-corrected chi connectivity index (χ1v) is 9.49. The summed E-state index contributed by atoms with van der Waals surface area (Å²) < 4.78 is 5.98. The summed E-state index contributed by atoms with van der Waals surface area (Å²) in [5, 5.41) is 9.19. The maximum Gasteiger partial charge on any atom is 0.407 e. The van der Waals surface area contributed by atoms with Crippen molar-refractivity contribution in [1.82, 2.24) is 9.80 Å². The third-order valence-electron chi connectivity index (χ3n) is 4.90. The fourth-order valence-corrected chi connectivity index (χ4v) is 3.47. The number of hydrogen-bond acceptors (Lipinski definition) is 3. The van der Waals surface area contributed by atoms with Gasteiger partial charge in [-0.15, -0.1) is 6.58 Å². The Labute approximate surface area is 147 Å². The molecule has 0 heterocycles. The van der Waals surface area contributed by atoms with Crippen molar-refractivity contribution in [2.75, 3.05) is 33.3 Å². The first kappa shape index (κ1) is 21.0. The van der Waals surface area contributed by atoms with E-state index in [2.05, 4.69) is 18.5 Å². The second kappa shape index (κ2) is 12.3. The van der Waals surface area contributed by atoms with E-state index in [1.54, 1.807) is 4.90 Å². The standard InChI is InChI=1S/C19H36N2O3/c1-4-14-20(3)15-8-6-7-9-16-24-18-12-10-17(11-13-18)21(5-2)19(22)23/h4,17-18H,1,5-16H2,2-3H3,(H,22,23). The Morgan fingerprint density at radius 2 is 1.88 bits per heavy atom. The molecule has 0 aromatic rings. The highest BCUT2D eigenvalue weighted by molar-refractivity contribution is 5.65. The summed E-state index contributed by atoms with van der Waals surface area (Å²) in [6, 6.07) is 0.180. The molecule has 5 nitrogen and oxygen atoms in total. The zero-order valence-electron chi connectivity index (χ0n) is 15.6. The van der Waals surface area contributed by atoms with E-state index in [9.17, 15) is 9.90 Å². The fraction of sp³-hybridized carbons (Fsp3) is 0.842. The van der Waals surface area contributed by atoms with E-state index < -0.39 is 6.09 Å². The van der Waals surface area contributed by atoms with E-state index in [4.69, 9.17) is 4.74 Å². The molecule has 1 aliphatic rings. The number of carbonyl (C=O) groups is 1. The molecule has 0 saturated heterocycles. The van der Waals surface area contributed by atoms with Crippen LogP contribution in [0.5, 0.6) is 0 Å². The van der Waals surface area contributed by atoms with E-state index in [-0.39, 0.29) is 6.04 Å². The van der Waals surface area contributed by atoms with Crippen molar-refractivity contribution in [3.8, 4) is 0 Å². The Morgan fingerprint density at radius 3 is 2.46 bits per heavy atom. The molecule has 1 amide bonds. The lowest BCUT2D eigenvalue weighted by Gasteiger charge is -2.34. The molecule has 0 aromatic heterocycles. The van der Waals surface area contributed by atoms with Crippen LogP contribution in [0.3, 0.4) is 0 Å². The Bertz CT molecular complexity index is 355. The number of rotatable bonds is 12. The molecule has 0 radical (unpaired) electrons. The number of carboxylic acid groups (broad SMARTS) is 1. The van der Waals surface area contributed by atoms with Crippen molar-refractivity contribution < 1.29 is 14.6 Å². The summed E-state index contributed by atoms with van der Waals surface area (Å²) in [4.78, 5) is 15.0. The molecule has 24 heavy (non-hydrogen) atoms. The van der Waals surface area contributed by atoms with Gasteiger partial charge in [-0.05, 0) is 59.0 Å². The number of unbranched alkanes of at least 4 members (excludes halogenated alkanes) is 3. The van der Waals surface area contributed by atoms with Crippen LogP contribution in [-0.2, 0) is 4.74 Å². The molecule has 1 rings (SSSR count). The minimum atomic E-state index is -0.791. The molecule has 1 N–H and O–H groups in total. The first-order valence-electron chi connectivity index (χ1n) is 9.49. The summed E-state index contributed by atoms with van der Waals surface area (Å²) in [6.45, 7) is 9.17. The van der Waals surface area contributed by atoms with Crippen LogP contribution >= 0.6 is 0 Å². The Hall–Kier alpha value is -1.07. The van der Waals surface area contributed by atoms with Crippen LogP contribution in [0.25, 0.3) is 0 Å². The second-order valence-electron chi connectivity index (χ2n) is 6.84. The maximum absolute atomic E-state index is 11.2. The Morgan fingerprint density at radius 1 is 1.21 bits per heavy atom. The van der Waals surface area contributed by atoms with Gasteiger partial charge in [-0.3, -0.25) is 0 Å². The molecule has 1 aliphatic carbocycles. The summed E-state index contributed by atoms with van der Waals surface area (Å²) in [7, 11) is 2.13. The summed E-state index contributed by atoms with van der Waals surface area (Å²) in [6.07, 6.45) is 10.1. The smallest absolute Gasteiger partial charge is 0.407 e. The second-order valence-corrected chi connectivity index (χ2v) is 6.84. The highest BCUT2D eigenvalue weighted by Crippen LogP contribution is 2.25. The van der Waals surface area contributed by atoms with Crippen molar-refractivity contribution in [2.45, 2.75) is 70.4 Å². The number of ether oxygens (including phenoxy) is 1. The van der Waals surface area contributed by atoms with Gasteiger partial charge >= 0.3 is 6.09 Å². The van der Waals surface area contributed by atoms with Crippen molar-refractivity contribution in [3.05, 3.63) is 12.7 Å². The summed E-state index contributed by atoms with van der Waals surface area (Å²) in [5.74, 6) is 0. The number of likely N-dealkylation sites (N-methyl/N-ethyl adjacent to an activating group) is 1. The van der Waals surface area contributed by atoms with Gasteiger partial charge in [0.25, 0.3) is 0 Å². The maximum atomic E-state index is 11.2. The number of hydrogen-bond donors (Lipinski definition) is 1. The topological polar surface area (TPSA) is 53.0 Å². The minimum absolute atomic E-state index is 0.180. The van der Waals surface area contributed by atoms with Gasteiger partial charge in [-0.2, -0.15) is 0 Å². The lowest BCUT2D eigenvalue weighted by atomic mass is 9.92.